The van der Waals surface area contributed by atoms with Crippen molar-refractivity contribution in [2.45, 2.75) is 19.1 Å². The molecule has 2 rings (SSSR count). The maximum atomic E-state index is 10.7. The summed E-state index contributed by atoms with van der Waals surface area (Å²) in [5.74, 6) is 2.22. The number of anilines is 1. The molecule has 1 heterocycles. The summed E-state index contributed by atoms with van der Waals surface area (Å²) in [5, 5.41) is 20.1. The van der Waals surface area contributed by atoms with Gasteiger partial charge < -0.3 is 10.0 Å². The van der Waals surface area contributed by atoms with Gasteiger partial charge in [-0.1, -0.05) is 0 Å². The Morgan fingerprint density at radius 1 is 1.61 bits per heavy atom. The van der Waals surface area contributed by atoms with E-state index < -0.39 is 4.92 Å². The fourth-order valence-electron chi connectivity index (χ4n) is 2.18. The second-order valence-electron chi connectivity index (χ2n) is 4.36. The zero-order valence-electron chi connectivity index (χ0n) is 10.2. The van der Waals surface area contributed by atoms with Crippen LogP contribution in [0, 0.1) is 10.1 Å². The molecule has 1 N–H and O–H groups in total. The van der Waals surface area contributed by atoms with Crippen molar-refractivity contribution in [2.24, 2.45) is 0 Å². The molecule has 5 nitrogen and oxygen atoms in total. The highest BCUT2D eigenvalue weighted by Crippen LogP contribution is 2.30. The van der Waals surface area contributed by atoms with Gasteiger partial charge in [-0.25, -0.2) is 0 Å². The smallest absolute Gasteiger partial charge is 0.269 e. The third-order valence-corrected chi connectivity index (χ3v) is 4.42. The lowest BCUT2D eigenvalue weighted by molar-refractivity contribution is -0.384. The maximum Gasteiger partial charge on any atom is 0.269 e. The van der Waals surface area contributed by atoms with E-state index >= 15 is 0 Å². The van der Waals surface area contributed by atoms with Gasteiger partial charge in [0.25, 0.3) is 5.69 Å². The zero-order chi connectivity index (χ0) is 13.1. The van der Waals surface area contributed by atoms with E-state index in [0.29, 0.717) is 11.6 Å². The molecule has 1 aromatic carbocycles. The summed E-state index contributed by atoms with van der Waals surface area (Å²) in [6.07, 6.45) is 1.11. The topological polar surface area (TPSA) is 66.6 Å². The Hall–Kier alpha value is -1.27. The molecule has 0 aliphatic carbocycles. The normalized spacial score (nSPS) is 18.9. The van der Waals surface area contributed by atoms with Crippen LogP contribution in [0.2, 0.25) is 0 Å². The van der Waals surface area contributed by atoms with Crippen LogP contribution >= 0.6 is 11.8 Å². The third kappa shape index (κ3) is 2.59. The first-order valence-electron chi connectivity index (χ1n) is 5.82. The van der Waals surface area contributed by atoms with Crippen molar-refractivity contribution in [3.8, 4) is 0 Å². The van der Waals surface area contributed by atoms with Gasteiger partial charge in [-0.15, -0.1) is 0 Å². The molecule has 1 aromatic rings. The lowest BCUT2D eigenvalue weighted by Crippen LogP contribution is -2.32. The summed E-state index contributed by atoms with van der Waals surface area (Å²) in [6, 6.07) is 5.12. The van der Waals surface area contributed by atoms with Gasteiger partial charge in [-0.3, -0.25) is 10.1 Å². The van der Waals surface area contributed by atoms with Crippen LogP contribution in [0.25, 0.3) is 0 Å². The van der Waals surface area contributed by atoms with Gasteiger partial charge >= 0.3 is 0 Å². The van der Waals surface area contributed by atoms with Gasteiger partial charge in [0, 0.05) is 42.2 Å². The molecule has 98 valence electrons. The number of nitro benzene ring substituents is 1. The van der Waals surface area contributed by atoms with Crippen LogP contribution in [-0.2, 0) is 6.61 Å². The monoisotopic (exact) mass is 268 g/mol. The molecule has 0 amide bonds. The number of aliphatic hydroxyl groups is 1. The molecule has 6 heteroatoms. The number of rotatable bonds is 4. The fourth-order valence-corrected chi connectivity index (χ4v) is 3.45. The van der Waals surface area contributed by atoms with Crippen molar-refractivity contribution in [2.75, 3.05) is 23.5 Å². The number of benzene rings is 1. The van der Waals surface area contributed by atoms with Crippen molar-refractivity contribution >= 4 is 23.1 Å². The highest BCUT2D eigenvalue weighted by molar-refractivity contribution is 7.99. The van der Waals surface area contributed by atoms with E-state index in [1.54, 1.807) is 6.07 Å². The summed E-state index contributed by atoms with van der Waals surface area (Å²) in [4.78, 5) is 12.4. The average Bonchev–Trinajstić information content (AvgIpc) is 2.90. The predicted octanol–water partition coefficient (Wildman–Crippen LogP) is 2.03. The van der Waals surface area contributed by atoms with Crippen molar-refractivity contribution < 1.29 is 10.0 Å². The molecule has 1 aliphatic heterocycles. The SMILES string of the molecule is CN(c1ccc([N+](=O)[O-])cc1CO)C1CCSC1. The Labute approximate surface area is 110 Å². The number of non-ortho nitro benzene ring substituents is 1. The first-order chi connectivity index (χ1) is 8.63. The molecule has 0 bridgehead atoms. The van der Waals surface area contributed by atoms with Crippen molar-refractivity contribution in [3.05, 3.63) is 33.9 Å². The highest BCUT2D eigenvalue weighted by atomic mass is 32.2. The number of nitro groups is 1. The Morgan fingerprint density at radius 2 is 2.39 bits per heavy atom. The van der Waals surface area contributed by atoms with E-state index in [2.05, 4.69) is 4.90 Å². The van der Waals surface area contributed by atoms with E-state index in [1.807, 2.05) is 18.8 Å². The predicted molar refractivity (Wildman–Crippen MR) is 73.2 cm³/mol. The van der Waals surface area contributed by atoms with Gasteiger partial charge in [0.05, 0.1) is 11.5 Å². The first-order valence-corrected chi connectivity index (χ1v) is 6.97. The van der Waals surface area contributed by atoms with E-state index in [-0.39, 0.29) is 12.3 Å². The molecule has 1 fully saturated rings. The molecule has 0 spiro atoms. The van der Waals surface area contributed by atoms with Gasteiger partial charge in [0.1, 0.15) is 0 Å². The van der Waals surface area contributed by atoms with Crippen molar-refractivity contribution in [3.63, 3.8) is 0 Å². The number of nitrogens with zero attached hydrogens (tertiary/aromatic N) is 2. The van der Waals surface area contributed by atoms with Gasteiger partial charge in [-0.2, -0.15) is 11.8 Å². The van der Waals surface area contributed by atoms with E-state index in [4.69, 9.17) is 0 Å². The number of aliphatic hydroxyl groups excluding tert-OH is 1. The van der Waals surface area contributed by atoms with E-state index in [0.717, 1.165) is 23.6 Å². The number of thioether (sulfide) groups is 1. The molecule has 0 saturated carbocycles. The molecule has 18 heavy (non-hydrogen) atoms. The minimum Gasteiger partial charge on any atom is -0.392 e. The second-order valence-corrected chi connectivity index (χ2v) is 5.51. The minimum atomic E-state index is -0.436. The Bertz CT molecular complexity index is 447. The molecule has 1 unspecified atom stereocenters. The molecular formula is C12H16N2O3S. The van der Waals surface area contributed by atoms with Crippen LogP contribution in [0.15, 0.2) is 18.2 Å². The summed E-state index contributed by atoms with van der Waals surface area (Å²) < 4.78 is 0. The molecule has 1 aliphatic rings. The van der Waals surface area contributed by atoms with Crippen LogP contribution < -0.4 is 4.90 Å². The first kappa shape index (κ1) is 13.2. The molecule has 1 saturated heterocycles. The highest BCUT2D eigenvalue weighted by Gasteiger charge is 2.22. The Balaban J connectivity index is 2.28. The molecular weight excluding hydrogens is 252 g/mol. The number of hydrogen-bond donors (Lipinski definition) is 1. The largest absolute Gasteiger partial charge is 0.392 e. The van der Waals surface area contributed by atoms with Gasteiger partial charge in [0.2, 0.25) is 0 Å². The second kappa shape index (κ2) is 5.58. The molecule has 0 aromatic heterocycles. The zero-order valence-corrected chi connectivity index (χ0v) is 11.0. The van der Waals surface area contributed by atoms with Gasteiger partial charge in [-0.05, 0) is 18.2 Å². The summed E-state index contributed by atoms with van der Waals surface area (Å²) in [6.45, 7) is -0.179. The van der Waals surface area contributed by atoms with Crippen molar-refractivity contribution in [1.82, 2.24) is 0 Å². The van der Waals surface area contributed by atoms with E-state index in [1.165, 1.54) is 12.1 Å². The summed E-state index contributed by atoms with van der Waals surface area (Å²) >= 11 is 1.91. The van der Waals surface area contributed by atoms with Crippen LogP contribution in [0.3, 0.4) is 0 Å². The Kier molecular flexibility index (Phi) is 4.08. The minimum absolute atomic E-state index is 0.0250. The van der Waals surface area contributed by atoms with Crippen LogP contribution in [0.4, 0.5) is 11.4 Å². The maximum absolute atomic E-state index is 10.7. The van der Waals surface area contributed by atoms with Crippen LogP contribution in [0.1, 0.15) is 12.0 Å². The number of hydrogen-bond acceptors (Lipinski definition) is 5. The third-order valence-electron chi connectivity index (χ3n) is 3.28. The van der Waals surface area contributed by atoms with Gasteiger partial charge in [0.15, 0.2) is 0 Å². The Morgan fingerprint density at radius 3 is 2.94 bits per heavy atom. The van der Waals surface area contributed by atoms with Crippen LogP contribution in [0.5, 0.6) is 0 Å². The summed E-state index contributed by atoms with van der Waals surface area (Å²) in [7, 11) is 1.98. The molecule has 0 radical (unpaired) electrons. The quantitative estimate of drug-likeness (QED) is 0.668. The standard InChI is InChI=1S/C12H16N2O3S/c1-13(11-4-5-18-8-11)12-3-2-10(14(16)17)6-9(12)7-15/h2-3,6,11,15H,4-5,7-8H2,1H3. The van der Waals surface area contributed by atoms with E-state index in [9.17, 15) is 15.2 Å². The average molecular weight is 268 g/mol. The summed E-state index contributed by atoms with van der Waals surface area (Å²) in [5.41, 5.74) is 1.52. The molecule has 1 atom stereocenters. The lowest BCUT2D eigenvalue weighted by Gasteiger charge is -2.27. The lowest BCUT2D eigenvalue weighted by atomic mass is 10.1. The van der Waals surface area contributed by atoms with Crippen molar-refractivity contribution in [1.29, 1.82) is 0 Å². The van der Waals surface area contributed by atoms with Crippen LogP contribution in [-0.4, -0.2) is 34.6 Å². The fraction of sp³-hybridized carbons (Fsp3) is 0.500.